The molecule has 1 aromatic rings. The Balaban J connectivity index is 2.15. The normalized spacial score (nSPS) is 25.5. The number of rotatable bonds is 3. The van der Waals surface area contributed by atoms with Crippen LogP contribution in [0.25, 0.3) is 0 Å². The molecule has 19 heavy (non-hydrogen) atoms. The van der Waals surface area contributed by atoms with Crippen LogP contribution >= 0.6 is 0 Å². The molecule has 1 aromatic carbocycles. The molecular formula is C15H23N3O. The van der Waals surface area contributed by atoms with Gasteiger partial charge in [-0.1, -0.05) is 43.3 Å². The number of piperidine rings is 1. The van der Waals surface area contributed by atoms with E-state index in [4.69, 9.17) is 10.9 Å². The first-order chi connectivity index (χ1) is 9.10. The van der Waals surface area contributed by atoms with Gasteiger partial charge in [0, 0.05) is 25.2 Å². The summed E-state index contributed by atoms with van der Waals surface area (Å²) in [7, 11) is 0. The Labute approximate surface area is 114 Å². The zero-order valence-electron chi connectivity index (χ0n) is 11.7. The van der Waals surface area contributed by atoms with E-state index in [0.29, 0.717) is 0 Å². The molecule has 4 heteroatoms. The molecule has 4 nitrogen and oxygen atoms in total. The minimum Gasteiger partial charge on any atom is -0.409 e. The van der Waals surface area contributed by atoms with Crippen molar-refractivity contribution in [3.8, 4) is 0 Å². The van der Waals surface area contributed by atoms with E-state index < -0.39 is 0 Å². The van der Waals surface area contributed by atoms with Gasteiger partial charge in [0.25, 0.3) is 0 Å². The van der Waals surface area contributed by atoms with E-state index in [9.17, 15) is 0 Å². The molecule has 0 spiro atoms. The number of benzene rings is 1. The van der Waals surface area contributed by atoms with Crippen molar-refractivity contribution < 1.29 is 5.21 Å². The number of hydrogen-bond acceptors (Lipinski definition) is 3. The van der Waals surface area contributed by atoms with Gasteiger partial charge in [0.05, 0.1) is 0 Å². The quantitative estimate of drug-likeness (QED) is 0.380. The molecule has 3 N–H and O–H groups in total. The second-order valence-electron chi connectivity index (χ2n) is 5.78. The molecule has 0 amide bonds. The third kappa shape index (κ3) is 3.47. The van der Waals surface area contributed by atoms with Gasteiger partial charge in [0.2, 0.25) is 0 Å². The second-order valence-corrected chi connectivity index (χ2v) is 5.78. The Kier molecular flexibility index (Phi) is 4.43. The van der Waals surface area contributed by atoms with Crippen LogP contribution in [0.4, 0.5) is 0 Å². The third-order valence-electron chi connectivity index (χ3n) is 3.74. The zero-order valence-corrected chi connectivity index (χ0v) is 11.7. The lowest BCUT2D eigenvalue weighted by Gasteiger charge is -2.35. The van der Waals surface area contributed by atoms with Gasteiger partial charge < -0.3 is 10.9 Å². The lowest BCUT2D eigenvalue weighted by Crippen LogP contribution is -2.38. The van der Waals surface area contributed by atoms with Crippen LogP contribution in [-0.4, -0.2) is 29.0 Å². The van der Waals surface area contributed by atoms with Crippen LogP contribution in [0.15, 0.2) is 29.4 Å². The van der Waals surface area contributed by atoms with E-state index in [1.54, 1.807) is 0 Å². The molecular weight excluding hydrogens is 238 g/mol. The van der Waals surface area contributed by atoms with Gasteiger partial charge in [0.1, 0.15) is 0 Å². The number of nitrogens with two attached hydrogens (primary N) is 1. The van der Waals surface area contributed by atoms with E-state index in [1.807, 2.05) is 18.2 Å². The first kappa shape index (κ1) is 13.9. The predicted octanol–water partition coefficient (Wildman–Crippen LogP) is 2.26. The molecule has 1 aliphatic rings. The van der Waals surface area contributed by atoms with Crippen LogP contribution in [0.3, 0.4) is 0 Å². The summed E-state index contributed by atoms with van der Waals surface area (Å²) in [5.41, 5.74) is 7.69. The summed E-state index contributed by atoms with van der Waals surface area (Å²) >= 11 is 0. The Hall–Kier alpha value is -1.55. The van der Waals surface area contributed by atoms with Gasteiger partial charge in [-0.2, -0.15) is 0 Å². The molecule has 1 heterocycles. The number of oxime groups is 1. The fourth-order valence-electron chi connectivity index (χ4n) is 3.12. The van der Waals surface area contributed by atoms with Crippen molar-refractivity contribution >= 4 is 5.84 Å². The van der Waals surface area contributed by atoms with E-state index >= 15 is 0 Å². The SMILES string of the molecule is CC1CC(C)CN(Cc2ccccc2/C(N)=N/O)C1. The Morgan fingerprint density at radius 2 is 1.95 bits per heavy atom. The maximum Gasteiger partial charge on any atom is 0.170 e. The highest BCUT2D eigenvalue weighted by Crippen LogP contribution is 2.23. The Bertz CT molecular complexity index is 448. The van der Waals surface area contributed by atoms with Gasteiger partial charge in [-0.25, -0.2) is 0 Å². The molecule has 2 rings (SSSR count). The summed E-state index contributed by atoms with van der Waals surface area (Å²) in [6.45, 7) is 7.71. The Morgan fingerprint density at radius 1 is 1.32 bits per heavy atom. The second kappa shape index (κ2) is 6.06. The van der Waals surface area contributed by atoms with Crippen LogP contribution in [0.5, 0.6) is 0 Å². The van der Waals surface area contributed by atoms with Gasteiger partial charge >= 0.3 is 0 Å². The molecule has 104 valence electrons. The number of amidine groups is 1. The van der Waals surface area contributed by atoms with E-state index in [-0.39, 0.29) is 5.84 Å². The number of hydrogen-bond donors (Lipinski definition) is 2. The predicted molar refractivity (Wildman–Crippen MR) is 77.2 cm³/mol. The fraction of sp³-hybridized carbons (Fsp3) is 0.533. The van der Waals surface area contributed by atoms with Crippen molar-refractivity contribution in [1.82, 2.24) is 4.90 Å². The molecule has 1 saturated heterocycles. The van der Waals surface area contributed by atoms with Crippen LogP contribution in [0.2, 0.25) is 0 Å². The van der Waals surface area contributed by atoms with E-state index in [0.717, 1.165) is 42.6 Å². The van der Waals surface area contributed by atoms with Gasteiger partial charge in [-0.15, -0.1) is 0 Å². The molecule has 1 fully saturated rings. The summed E-state index contributed by atoms with van der Waals surface area (Å²) in [6.07, 6.45) is 1.30. The largest absolute Gasteiger partial charge is 0.409 e. The highest BCUT2D eigenvalue weighted by molar-refractivity contribution is 5.98. The van der Waals surface area contributed by atoms with Gasteiger partial charge in [-0.3, -0.25) is 4.90 Å². The van der Waals surface area contributed by atoms with Crippen molar-refractivity contribution in [3.63, 3.8) is 0 Å². The maximum atomic E-state index is 8.85. The van der Waals surface area contributed by atoms with Crippen molar-refractivity contribution in [3.05, 3.63) is 35.4 Å². The summed E-state index contributed by atoms with van der Waals surface area (Å²) in [6, 6.07) is 7.87. The van der Waals surface area contributed by atoms with Crippen LogP contribution < -0.4 is 5.73 Å². The number of nitrogens with zero attached hydrogens (tertiary/aromatic N) is 2. The molecule has 2 atom stereocenters. The zero-order chi connectivity index (χ0) is 13.8. The van der Waals surface area contributed by atoms with E-state index in [1.165, 1.54) is 6.42 Å². The Morgan fingerprint density at radius 3 is 2.58 bits per heavy atom. The van der Waals surface area contributed by atoms with E-state index in [2.05, 4.69) is 30.0 Å². The highest BCUT2D eigenvalue weighted by Gasteiger charge is 2.22. The standard InChI is InChI=1S/C15H23N3O/c1-11-7-12(2)9-18(8-11)10-13-5-3-4-6-14(13)15(16)17-19/h3-6,11-12,19H,7-10H2,1-2H3,(H2,16,17). The average Bonchev–Trinajstić information content (AvgIpc) is 2.37. The van der Waals surface area contributed by atoms with Crippen LogP contribution in [0.1, 0.15) is 31.4 Å². The number of likely N-dealkylation sites (tertiary alicyclic amines) is 1. The van der Waals surface area contributed by atoms with Crippen LogP contribution in [-0.2, 0) is 6.54 Å². The van der Waals surface area contributed by atoms with Crippen molar-refractivity contribution in [2.75, 3.05) is 13.1 Å². The summed E-state index contributed by atoms with van der Waals surface area (Å²) < 4.78 is 0. The van der Waals surface area contributed by atoms with Crippen LogP contribution in [0, 0.1) is 11.8 Å². The molecule has 0 aliphatic carbocycles. The topological polar surface area (TPSA) is 61.8 Å². The van der Waals surface area contributed by atoms with Crippen molar-refractivity contribution in [2.45, 2.75) is 26.8 Å². The first-order valence-corrected chi connectivity index (χ1v) is 6.88. The molecule has 0 aromatic heterocycles. The third-order valence-corrected chi connectivity index (χ3v) is 3.74. The lowest BCUT2D eigenvalue weighted by atomic mass is 9.91. The van der Waals surface area contributed by atoms with Gasteiger partial charge in [0.15, 0.2) is 5.84 Å². The molecule has 2 unspecified atom stereocenters. The van der Waals surface area contributed by atoms with Crippen molar-refractivity contribution in [1.29, 1.82) is 0 Å². The monoisotopic (exact) mass is 261 g/mol. The molecule has 0 bridgehead atoms. The summed E-state index contributed by atoms with van der Waals surface area (Å²) in [4.78, 5) is 2.46. The molecule has 1 aliphatic heterocycles. The molecule has 0 saturated carbocycles. The summed E-state index contributed by atoms with van der Waals surface area (Å²) in [5.74, 6) is 1.66. The average molecular weight is 261 g/mol. The highest BCUT2D eigenvalue weighted by atomic mass is 16.4. The van der Waals surface area contributed by atoms with Crippen molar-refractivity contribution in [2.24, 2.45) is 22.7 Å². The first-order valence-electron chi connectivity index (χ1n) is 6.88. The minimum absolute atomic E-state index is 0.189. The summed E-state index contributed by atoms with van der Waals surface area (Å²) in [5, 5.41) is 12.0. The fourth-order valence-corrected chi connectivity index (χ4v) is 3.12. The minimum atomic E-state index is 0.189. The van der Waals surface area contributed by atoms with Gasteiger partial charge in [-0.05, 0) is 23.8 Å². The lowest BCUT2D eigenvalue weighted by molar-refractivity contribution is 0.134. The smallest absolute Gasteiger partial charge is 0.170 e. The molecule has 0 radical (unpaired) electrons. The maximum absolute atomic E-state index is 8.85.